The van der Waals surface area contributed by atoms with Gasteiger partial charge in [0.2, 0.25) is 0 Å². The number of ether oxygens (including phenoxy) is 1. The van der Waals surface area contributed by atoms with Gasteiger partial charge in [0.1, 0.15) is 11.9 Å². The van der Waals surface area contributed by atoms with E-state index < -0.39 is 30.2 Å². The zero-order chi connectivity index (χ0) is 13.3. The predicted molar refractivity (Wildman–Crippen MR) is 59.3 cm³/mol. The number of nitrogens with one attached hydrogen (secondary N) is 1. The summed E-state index contributed by atoms with van der Waals surface area (Å²) in [5.41, 5.74) is 0.267. The van der Waals surface area contributed by atoms with Crippen LogP contribution in [0.2, 0.25) is 5.02 Å². The number of hydrogen-bond acceptors (Lipinski definition) is 3. The SMILES string of the molecule is O=C1OC(CNc2cc(F)ccc2Cl)CC1(F)F. The van der Waals surface area contributed by atoms with E-state index in [4.69, 9.17) is 11.6 Å². The van der Waals surface area contributed by atoms with Crippen molar-refractivity contribution in [1.82, 2.24) is 0 Å². The third kappa shape index (κ3) is 2.69. The summed E-state index contributed by atoms with van der Waals surface area (Å²) in [5, 5.41) is 2.93. The molecule has 0 bridgehead atoms. The molecule has 0 aliphatic carbocycles. The van der Waals surface area contributed by atoms with Gasteiger partial charge < -0.3 is 10.1 Å². The van der Waals surface area contributed by atoms with Gasteiger partial charge in [-0.2, -0.15) is 8.78 Å². The molecular formula is C11H9ClF3NO2. The second-order valence-corrected chi connectivity index (χ2v) is 4.35. The summed E-state index contributed by atoms with van der Waals surface area (Å²) >= 11 is 5.78. The van der Waals surface area contributed by atoms with Gasteiger partial charge in [0.15, 0.2) is 0 Å². The van der Waals surface area contributed by atoms with E-state index in [9.17, 15) is 18.0 Å². The first kappa shape index (κ1) is 13.0. The minimum atomic E-state index is -3.45. The Morgan fingerprint density at radius 3 is 2.83 bits per heavy atom. The van der Waals surface area contributed by atoms with Crippen LogP contribution in [0.1, 0.15) is 6.42 Å². The highest BCUT2D eigenvalue weighted by Crippen LogP contribution is 2.31. The Kier molecular flexibility index (Phi) is 3.38. The number of anilines is 1. The number of esters is 1. The molecule has 1 fully saturated rings. The Bertz CT molecular complexity index is 481. The Morgan fingerprint density at radius 1 is 1.50 bits per heavy atom. The summed E-state index contributed by atoms with van der Waals surface area (Å²) in [6.45, 7) is -0.0511. The molecule has 1 N–H and O–H groups in total. The Balaban J connectivity index is 1.97. The molecule has 2 rings (SSSR count). The van der Waals surface area contributed by atoms with Crippen molar-refractivity contribution in [3.8, 4) is 0 Å². The molecule has 18 heavy (non-hydrogen) atoms. The second kappa shape index (κ2) is 4.68. The van der Waals surface area contributed by atoms with E-state index in [1.165, 1.54) is 12.1 Å². The fraction of sp³-hybridized carbons (Fsp3) is 0.364. The third-order valence-corrected chi connectivity index (χ3v) is 2.83. The van der Waals surface area contributed by atoms with Crippen molar-refractivity contribution in [3.05, 3.63) is 29.0 Å². The summed E-state index contributed by atoms with van der Waals surface area (Å²) in [7, 11) is 0. The minimum Gasteiger partial charge on any atom is -0.456 e. The van der Waals surface area contributed by atoms with Crippen molar-refractivity contribution in [2.24, 2.45) is 0 Å². The van der Waals surface area contributed by atoms with Gasteiger partial charge in [0.25, 0.3) is 0 Å². The van der Waals surface area contributed by atoms with Crippen molar-refractivity contribution in [2.45, 2.75) is 18.4 Å². The van der Waals surface area contributed by atoms with Crippen LogP contribution in [0.25, 0.3) is 0 Å². The number of carbonyl (C=O) groups excluding carboxylic acids is 1. The lowest BCUT2D eigenvalue weighted by Crippen LogP contribution is -2.22. The molecule has 1 aliphatic rings. The van der Waals surface area contributed by atoms with Crippen LogP contribution >= 0.6 is 11.6 Å². The van der Waals surface area contributed by atoms with Crippen LogP contribution in [0.5, 0.6) is 0 Å². The lowest BCUT2D eigenvalue weighted by molar-refractivity contribution is -0.158. The monoisotopic (exact) mass is 279 g/mol. The first-order chi connectivity index (χ1) is 8.38. The molecule has 0 spiro atoms. The minimum absolute atomic E-state index is 0.0511. The first-order valence-corrected chi connectivity index (χ1v) is 5.54. The van der Waals surface area contributed by atoms with Gasteiger partial charge in [-0.1, -0.05) is 11.6 Å². The molecule has 1 aliphatic heterocycles. The number of rotatable bonds is 3. The van der Waals surface area contributed by atoms with Gasteiger partial charge in [-0.3, -0.25) is 0 Å². The second-order valence-electron chi connectivity index (χ2n) is 3.94. The molecule has 0 radical (unpaired) electrons. The lowest BCUT2D eigenvalue weighted by atomic mass is 10.2. The molecule has 1 heterocycles. The van der Waals surface area contributed by atoms with E-state index in [-0.39, 0.29) is 17.3 Å². The van der Waals surface area contributed by atoms with Crippen molar-refractivity contribution < 1.29 is 22.7 Å². The van der Waals surface area contributed by atoms with E-state index >= 15 is 0 Å². The normalized spacial score (nSPS) is 21.8. The first-order valence-electron chi connectivity index (χ1n) is 5.16. The maximum Gasteiger partial charge on any atom is 0.377 e. The van der Waals surface area contributed by atoms with Crippen molar-refractivity contribution in [1.29, 1.82) is 0 Å². The predicted octanol–water partition coefficient (Wildman–Crippen LogP) is 2.84. The van der Waals surface area contributed by atoms with Gasteiger partial charge >= 0.3 is 11.9 Å². The molecule has 1 atom stereocenters. The van der Waals surface area contributed by atoms with Crippen LogP contribution < -0.4 is 5.32 Å². The standard InChI is InChI=1S/C11H9ClF3NO2/c12-8-2-1-6(13)3-9(8)16-5-7-4-11(14,15)10(17)18-7/h1-3,7,16H,4-5H2. The molecule has 7 heteroatoms. The zero-order valence-corrected chi connectivity index (χ0v) is 9.81. The van der Waals surface area contributed by atoms with Gasteiger partial charge in [-0.05, 0) is 18.2 Å². The largest absolute Gasteiger partial charge is 0.456 e. The number of alkyl halides is 2. The Labute approximate surface area is 106 Å². The molecule has 1 unspecified atom stereocenters. The van der Waals surface area contributed by atoms with E-state index in [2.05, 4.69) is 10.1 Å². The van der Waals surface area contributed by atoms with Gasteiger partial charge in [-0.15, -0.1) is 0 Å². The maximum atomic E-state index is 12.9. The zero-order valence-electron chi connectivity index (χ0n) is 9.05. The lowest BCUT2D eigenvalue weighted by Gasteiger charge is -2.12. The van der Waals surface area contributed by atoms with Crippen molar-refractivity contribution in [3.63, 3.8) is 0 Å². The summed E-state index contributed by atoms with van der Waals surface area (Å²) in [6.07, 6.45) is -1.64. The average molecular weight is 280 g/mol. The molecule has 1 saturated heterocycles. The Morgan fingerprint density at radius 2 is 2.22 bits per heavy atom. The van der Waals surface area contributed by atoms with E-state index in [1.807, 2.05) is 0 Å². The number of benzene rings is 1. The number of hydrogen-bond donors (Lipinski definition) is 1. The number of cyclic esters (lactones) is 1. The van der Waals surface area contributed by atoms with Crippen LogP contribution in [0.15, 0.2) is 18.2 Å². The molecule has 1 aromatic rings. The summed E-state index contributed by atoms with van der Waals surface area (Å²) in [4.78, 5) is 10.8. The molecule has 0 saturated carbocycles. The fourth-order valence-electron chi connectivity index (χ4n) is 1.62. The quantitative estimate of drug-likeness (QED) is 0.865. The maximum absolute atomic E-state index is 12.9. The Hall–Kier alpha value is -1.43. The molecule has 0 aromatic heterocycles. The van der Waals surface area contributed by atoms with E-state index in [0.29, 0.717) is 0 Å². The number of carbonyl (C=O) groups is 1. The topological polar surface area (TPSA) is 38.3 Å². The van der Waals surface area contributed by atoms with Crippen molar-refractivity contribution >= 4 is 23.3 Å². The molecule has 0 amide bonds. The van der Waals surface area contributed by atoms with Gasteiger partial charge in [-0.25, -0.2) is 9.18 Å². The highest BCUT2D eigenvalue weighted by molar-refractivity contribution is 6.33. The van der Waals surface area contributed by atoms with Gasteiger partial charge in [0, 0.05) is 0 Å². The molecule has 3 nitrogen and oxygen atoms in total. The van der Waals surface area contributed by atoms with Crippen LogP contribution in [0.4, 0.5) is 18.9 Å². The van der Waals surface area contributed by atoms with Crippen LogP contribution in [0.3, 0.4) is 0 Å². The average Bonchev–Trinajstić information content (AvgIpc) is 2.54. The number of halogens is 4. The molecular weight excluding hydrogens is 271 g/mol. The highest BCUT2D eigenvalue weighted by atomic mass is 35.5. The third-order valence-electron chi connectivity index (χ3n) is 2.50. The fourth-order valence-corrected chi connectivity index (χ4v) is 1.80. The van der Waals surface area contributed by atoms with Crippen LogP contribution in [-0.2, 0) is 9.53 Å². The molecule has 98 valence electrons. The summed E-state index contributed by atoms with van der Waals surface area (Å²) in [6, 6.07) is 3.66. The van der Waals surface area contributed by atoms with Crippen LogP contribution in [0, 0.1) is 5.82 Å². The highest BCUT2D eigenvalue weighted by Gasteiger charge is 2.50. The van der Waals surface area contributed by atoms with E-state index in [1.54, 1.807) is 0 Å². The van der Waals surface area contributed by atoms with Gasteiger partial charge in [0.05, 0.1) is 23.7 Å². The molecule has 1 aromatic carbocycles. The van der Waals surface area contributed by atoms with Crippen LogP contribution in [-0.4, -0.2) is 24.5 Å². The van der Waals surface area contributed by atoms with Crippen molar-refractivity contribution in [2.75, 3.05) is 11.9 Å². The summed E-state index contributed by atoms with van der Waals surface area (Å²) < 4.78 is 43.1. The smallest absolute Gasteiger partial charge is 0.377 e. The summed E-state index contributed by atoms with van der Waals surface area (Å²) in [5.74, 6) is -5.48. The van der Waals surface area contributed by atoms with E-state index in [0.717, 1.165) is 6.07 Å².